The number of hydrogen-bond acceptors (Lipinski definition) is 3. The van der Waals surface area contributed by atoms with Crippen LogP contribution in [0.4, 0.5) is 0 Å². The maximum absolute atomic E-state index is 10.7. The van der Waals surface area contributed by atoms with Crippen LogP contribution in [0.15, 0.2) is 46.9 Å². The molecule has 0 N–H and O–H groups in total. The number of hydrogen-bond donors (Lipinski definition) is 0. The highest BCUT2D eigenvalue weighted by Crippen LogP contribution is 2.27. The number of oxazole rings is 1. The Hall–Kier alpha value is -2.13. The number of carbonyl (C=O) groups is 1. The molecule has 0 aliphatic carbocycles. The smallest absolute Gasteiger partial charge is 0.227 e. The fourth-order valence-corrected chi connectivity index (χ4v) is 1.98. The van der Waals surface area contributed by atoms with Gasteiger partial charge in [-0.05, 0) is 30.3 Å². The molecular weight excluding hydrogens is 250 g/mol. The van der Waals surface area contributed by atoms with Gasteiger partial charge in [-0.2, -0.15) is 0 Å². The molecule has 3 aromatic rings. The topological polar surface area (TPSA) is 43.1 Å². The van der Waals surface area contributed by atoms with Crippen molar-refractivity contribution >= 4 is 29.0 Å². The highest BCUT2D eigenvalue weighted by Gasteiger charge is 2.09. The Balaban J connectivity index is 2.14. The van der Waals surface area contributed by atoms with Crippen LogP contribution in [0.1, 0.15) is 10.4 Å². The van der Waals surface area contributed by atoms with E-state index < -0.39 is 0 Å². The molecule has 4 heteroatoms. The van der Waals surface area contributed by atoms with Gasteiger partial charge in [-0.3, -0.25) is 4.79 Å². The number of rotatable bonds is 2. The van der Waals surface area contributed by atoms with E-state index in [9.17, 15) is 4.79 Å². The van der Waals surface area contributed by atoms with E-state index in [1.807, 2.05) is 24.3 Å². The summed E-state index contributed by atoms with van der Waals surface area (Å²) in [6, 6.07) is 12.6. The Morgan fingerprint density at radius 2 is 2.00 bits per heavy atom. The highest BCUT2D eigenvalue weighted by molar-refractivity contribution is 6.33. The fourth-order valence-electron chi connectivity index (χ4n) is 1.75. The lowest BCUT2D eigenvalue weighted by molar-refractivity contribution is 0.112. The molecule has 0 fully saturated rings. The lowest BCUT2D eigenvalue weighted by Gasteiger charge is -1.98. The van der Waals surface area contributed by atoms with Crippen molar-refractivity contribution < 1.29 is 9.21 Å². The van der Waals surface area contributed by atoms with Crippen LogP contribution in [0, 0.1) is 0 Å². The van der Waals surface area contributed by atoms with Gasteiger partial charge in [0, 0.05) is 11.1 Å². The average molecular weight is 258 g/mol. The summed E-state index contributed by atoms with van der Waals surface area (Å²) in [6.45, 7) is 0. The van der Waals surface area contributed by atoms with Crippen molar-refractivity contribution in [2.75, 3.05) is 0 Å². The zero-order valence-corrected chi connectivity index (χ0v) is 10.0. The fraction of sp³-hybridized carbons (Fsp3) is 0. The summed E-state index contributed by atoms with van der Waals surface area (Å²) in [4.78, 5) is 15.1. The van der Waals surface area contributed by atoms with Crippen LogP contribution in [0.2, 0.25) is 5.02 Å². The molecule has 0 bridgehead atoms. The second kappa shape index (κ2) is 4.27. The number of aldehydes is 1. The van der Waals surface area contributed by atoms with Crippen molar-refractivity contribution in [1.82, 2.24) is 4.98 Å². The molecule has 0 saturated heterocycles. The predicted molar refractivity (Wildman–Crippen MR) is 69.8 cm³/mol. The van der Waals surface area contributed by atoms with E-state index in [4.69, 9.17) is 16.0 Å². The van der Waals surface area contributed by atoms with Crippen LogP contribution >= 0.6 is 11.6 Å². The molecule has 1 heterocycles. The Labute approximate surface area is 108 Å². The molecule has 0 amide bonds. The van der Waals surface area contributed by atoms with Gasteiger partial charge in [0.15, 0.2) is 11.9 Å². The van der Waals surface area contributed by atoms with E-state index in [0.29, 0.717) is 16.5 Å². The molecule has 1 aromatic heterocycles. The van der Waals surface area contributed by atoms with E-state index in [1.165, 1.54) is 0 Å². The first-order valence-corrected chi connectivity index (χ1v) is 5.76. The van der Waals surface area contributed by atoms with Crippen molar-refractivity contribution in [3.63, 3.8) is 0 Å². The number of carbonyl (C=O) groups excluding carboxylic acids is 1. The van der Waals surface area contributed by atoms with Gasteiger partial charge in [0.05, 0.1) is 5.02 Å². The molecule has 0 saturated carbocycles. The Morgan fingerprint density at radius 1 is 1.17 bits per heavy atom. The third-order valence-electron chi connectivity index (χ3n) is 2.67. The Morgan fingerprint density at radius 3 is 2.72 bits per heavy atom. The van der Waals surface area contributed by atoms with Gasteiger partial charge in [0.25, 0.3) is 0 Å². The van der Waals surface area contributed by atoms with Crippen molar-refractivity contribution in [3.8, 4) is 11.5 Å². The minimum absolute atomic E-state index is 0.393. The van der Waals surface area contributed by atoms with Crippen molar-refractivity contribution in [2.24, 2.45) is 0 Å². The SMILES string of the molecule is O=Cc1ccc(-c2nc3ccccc3o2)cc1Cl. The zero-order valence-electron chi connectivity index (χ0n) is 9.26. The van der Waals surface area contributed by atoms with Crippen LogP contribution in [0.5, 0.6) is 0 Å². The molecule has 3 rings (SSSR count). The minimum Gasteiger partial charge on any atom is -0.436 e. The maximum Gasteiger partial charge on any atom is 0.227 e. The summed E-state index contributed by atoms with van der Waals surface area (Å²) >= 11 is 5.98. The first kappa shape index (κ1) is 11.0. The normalized spacial score (nSPS) is 10.7. The zero-order chi connectivity index (χ0) is 12.5. The Bertz CT molecular complexity index is 700. The molecular formula is C14H8ClNO2. The summed E-state index contributed by atoms with van der Waals surface area (Å²) in [6.07, 6.45) is 0.720. The van der Waals surface area contributed by atoms with E-state index in [0.717, 1.165) is 22.9 Å². The van der Waals surface area contributed by atoms with Gasteiger partial charge in [-0.15, -0.1) is 0 Å². The van der Waals surface area contributed by atoms with Crippen molar-refractivity contribution in [1.29, 1.82) is 0 Å². The molecule has 3 nitrogen and oxygen atoms in total. The Kier molecular flexibility index (Phi) is 2.61. The molecule has 0 radical (unpaired) electrons. The molecule has 2 aromatic carbocycles. The lowest BCUT2D eigenvalue weighted by atomic mass is 10.1. The average Bonchev–Trinajstić information content (AvgIpc) is 2.82. The largest absolute Gasteiger partial charge is 0.436 e. The minimum atomic E-state index is 0.393. The second-order valence-electron chi connectivity index (χ2n) is 3.84. The second-order valence-corrected chi connectivity index (χ2v) is 4.25. The molecule has 0 unspecified atom stereocenters. The van der Waals surface area contributed by atoms with Crippen LogP contribution in [-0.2, 0) is 0 Å². The summed E-state index contributed by atoms with van der Waals surface area (Å²) in [5, 5.41) is 0.393. The summed E-state index contributed by atoms with van der Waals surface area (Å²) in [7, 11) is 0. The maximum atomic E-state index is 10.7. The van der Waals surface area contributed by atoms with E-state index in [1.54, 1.807) is 18.2 Å². The van der Waals surface area contributed by atoms with Crippen LogP contribution in [-0.4, -0.2) is 11.3 Å². The van der Waals surface area contributed by atoms with E-state index in [2.05, 4.69) is 4.98 Å². The molecule has 18 heavy (non-hydrogen) atoms. The van der Waals surface area contributed by atoms with Crippen LogP contribution < -0.4 is 0 Å². The molecule has 88 valence electrons. The summed E-state index contributed by atoms with van der Waals surface area (Å²) in [5.41, 5.74) is 2.73. The first-order chi connectivity index (χ1) is 8.78. The van der Waals surface area contributed by atoms with E-state index in [-0.39, 0.29) is 0 Å². The van der Waals surface area contributed by atoms with Gasteiger partial charge >= 0.3 is 0 Å². The molecule has 0 aliphatic rings. The van der Waals surface area contributed by atoms with Crippen LogP contribution in [0.3, 0.4) is 0 Å². The standard InChI is InChI=1S/C14H8ClNO2/c15-11-7-9(5-6-10(11)8-17)14-16-12-3-1-2-4-13(12)18-14/h1-8H. The number of halogens is 1. The van der Waals surface area contributed by atoms with Gasteiger partial charge < -0.3 is 4.42 Å². The van der Waals surface area contributed by atoms with Gasteiger partial charge in [-0.25, -0.2) is 4.98 Å². The number of aromatic nitrogens is 1. The first-order valence-electron chi connectivity index (χ1n) is 5.38. The number of benzene rings is 2. The molecule has 0 atom stereocenters. The summed E-state index contributed by atoms with van der Waals surface area (Å²) < 4.78 is 5.62. The number of para-hydroxylation sites is 2. The molecule has 0 aliphatic heterocycles. The van der Waals surface area contributed by atoms with Gasteiger partial charge in [0.2, 0.25) is 5.89 Å². The summed E-state index contributed by atoms with van der Waals surface area (Å²) in [5.74, 6) is 0.496. The van der Waals surface area contributed by atoms with Crippen LogP contribution in [0.25, 0.3) is 22.6 Å². The van der Waals surface area contributed by atoms with Crippen molar-refractivity contribution in [3.05, 3.63) is 53.1 Å². The monoisotopic (exact) mass is 257 g/mol. The number of nitrogens with zero attached hydrogens (tertiary/aromatic N) is 1. The van der Waals surface area contributed by atoms with E-state index >= 15 is 0 Å². The van der Waals surface area contributed by atoms with Crippen molar-refractivity contribution in [2.45, 2.75) is 0 Å². The van der Waals surface area contributed by atoms with Gasteiger partial charge in [0.1, 0.15) is 5.52 Å². The quantitative estimate of drug-likeness (QED) is 0.653. The highest BCUT2D eigenvalue weighted by atomic mass is 35.5. The van der Waals surface area contributed by atoms with Gasteiger partial charge in [-0.1, -0.05) is 23.7 Å². The number of fused-ring (bicyclic) bond motifs is 1. The molecule has 0 spiro atoms. The third-order valence-corrected chi connectivity index (χ3v) is 3.00. The lowest BCUT2D eigenvalue weighted by Crippen LogP contribution is -1.83. The predicted octanol–water partition coefficient (Wildman–Crippen LogP) is 3.96. The third kappa shape index (κ3) is 1.79.